The van der Waals surface area contributed by atoms with Crippen LogP contribution in [0.2, 0.25) is 0 Å². The Balaban J connectivity index is 1.55. The van der Waals surface area contributed by atoms with Crippen molar-refractivity contribution in [2.75, 3.05) is 5.32 Å². The highest BCUT2D eigenvalue weighted by Crippen LogP contribution is 2.27. The van der Waals surface area contributed by atoms with Crippen LogP contribution in [-0.4, -0.2) is 32.5 Å². The molecule has 0 aliphatic carbocycles. The molecule has 0 fully saturated rings. The van der Waals surface area contributed by atoms with E-state index in [9.17, 15) is 20.0 Å². The van der Waals surface area contributed by atoms with Crippen molar-refractivity contribution in [3.8, 4) is 16.3 Å². The van der Waals surface area contributed by atoms with Crippen molar-refractivity contribution in [2.24, 2.45) is 5.10 Å². The average Bonchev–Trinajstić information content (AvgIpc) is 3.11. The molecule has 27 heavy (non-hydrogen) atoms. The molecule has 0 aliphatic rings. The first-order valence-electron chi connectivity index (χ1n) is 7.49. The van der Waals surface area contributed by atoms with Crippen molar-refractivity contribution >= 4 is 34.4 Å². The van der Waals surface area contributed by atoms with Gasteiger partial charge in [0.25, 0.3) is 5.69 Å². The highest BCUT2D eigenvalue weighted by Gasteiger charge is 2.09. The van der Waals surface area contributed by atoms with Crippen molar-refractivity contribution in [1.82, 2.24) is 15.6 Å². The van der Waals surface area contributed by atoms with Gasteiger partial charge < -0.3 is 5.11 Å². The first-order valence-corrected chi connectivity index (χ1v) is 8.30. The van der Waals surface area contributed by atoms with Crippen molar-refractivity contribution in [1.29, 1.82) is 0 Å². The standard InChI is InChI=1S/C16H12N6O4S/c23-13-7-3-11(4-8-13)14-19-21-16(27-14)18-15(24)20-17-9-10-1-5-12(6-2-10)22(25)26/h1-9,23H,(H2,18,20,21,24)/b17-9+. The summed E-state index contributed by atoms with van der Waals surface area (Å²) < 4.78 is 0. The van der Waals surface area contributed by atoms with Gasteiger partial charge in [0.05, 0.1) is 11.1 Å². The van der Waals surface area contributed by atoms with E-state index in [1.165, 1.54) is 42.6 Å². The number of anilines is 1. The monoisotopic (exact) mass is 384 g/mol. The number of hydrogen-bond donors (Lipinski definition) is 3. The Morgan fingerprint density at radius 2 is 1.85 bits per heavy atom. The van der Waals surface area contributed by atoms with Gasteiger partial charge in [-0.1, -0.05) is 11.3 Å². The number of carbonyl (C=O) groups excluding carboxylic acids is 1. The van der Waals surface area contributed by atoms with Crippen LogP contribution < -0.4 is 10.7 Å². The number of phenolic OH excluding ortho intramolecular Hbond substituents is 1. The zero-order valence-electron chi connectivity index (χ0n) is 13.6. The predicted octanol–water partition coefficient (Wildman–Crippen LogP) is 2.97. The molecule has 0 atom stereocenters. The number of nitro groups is 1. The van der Waals surface area contributed by atoms with Gasteiger partial charge in [-0.2, -0.15) is 5.10 Å². The van der Waals surface area contributed by atoms with Crippen molar-refractivity contribution in [3.05, 3.63) is 64.2 Å². The molecule has 3 N–H and O–H groups in total. The fourth-order valence-corrected chi connectivity index (χ4v) is 2.71. The highest BCUT2D eigenvalue weighted by molar-refractivity contribution is 7.18. The van der Waals surface area contributed by atoms with Gasteiger partial charge in [0.2, 0.25) is 5.13 Å². The molecule has 0 saturated carbocycles. The van der Waals surface area contributed by atoms with Gasteiger partial charge in [0.1, 0.15) is 10.8 Å². The van der Waals surface area contributed by atoms with Gasteiger partial charge in [0, 0.05) is 17.7 Å². The lowest BCUT2D eigenvalue weighted by molar-refractivity contribution is -0.384. The fraction of sp³-hybridized carbons (Fsp3) is 0. The number of benzene rings is 2. The Morgan fingerprint density at radius 1 is 1.15 bits per heavy atom. The van der Waals surface area contributed by atoms with Gasteiger partial charge in [-0.3, -0.25) is 15.4 Å². The van der Waals surface area contributed by atoms with Crippen molar-refractivity contribution in [2.45, 2.75) is 0 Å². The number of amides is 2. The largest absolute Gasteiger partial charge is 0.508 e. The maximum absolute atomic E-state index is 11.8. The lowest BCUT2D eigenvalue weighted by Crippen LogP contribution is -2.24. The fourth-order valence-electron chi connectivity index (χ4n) is 1.97. The van der Waals surface area contributed by atoms with E-state index in [0.29, 0.717) is 10.6 Å². The Labute approximate surface area is 156 Å². The van der Waals surface area contributed by atoms with Crippen LogP contribution in [0.5, 0.6) is 5.75 Å². The SMILES string of the molecule is O=C(N/N=C/c1ccc([N+](=O)[O-])cc1)Nc1nnc(-c2ccc(O)cc2)s1. The average molecular weight is 384 g/mol. The lowest BCUT2D eigenvalue weighted by Gasteiger charge is -1.99. The Hall–Kier alpha value is -3.86. The van der Waals surface area contributed by atoms with Crippen LogP contribution in [0.1, 0.15) is 5.56 Å². The second-order valence-corrected chi connectivity index (χ2v) is 6.11. The molecule has 10 nitrogen and oxygen atoms in total. The number of nitrogens with one attached hydrogen (secondary N) is 2. The molecule has 0 radical (unpaired) electrons. The molecular formula is C16H12N6O4S. The Morgan fingerprint density at radius 3 is 2.52 bits per heavy atom. The van der Waals surface area contributed by atoms with Gasteiger partial charge in [0.15, 0.2) is 0 Å². The molecule has 2 amide bonds. The number of aromatic nitrogens is 2. The van der Waals surface area contributed by atoms with Crippen LogP contribution in [0, 0.1) is 10.1 Å². The maximum Gasteiger partial charge on any atom is 0.341 e. The summed E-state index contributed by atoms with van der Waals surface area (Å²) in [6.45, 7) is 0. The number of hydrazone groups is 1. The Bertz CT molecular complexity index is 985. The molecule has 1 heterocycles. The highest BCUT2D eigenvalue weighted by atomic mass is 32.1. The number of nitro benzene ring substituents is 1. The minimum Gasteiger partial charge on any atom is -0.508 e. The van der Waals surface area contributed by atoms with Crippen LogP contribution in [0.4, 0.5) is 15.6 Å². The van der Waals surface area contributed by atoms with E-state index in [1.807, 2.05) is 0 Å². The topological polar surface area (TPSA) is 143 Å². The number of non-ortho nitro benzene ring substituents is 1. The molecule has 0 saturated heterocycles. The summed E-state index contributed by atoms with van der Waals surface area (Å²) in [5.74, 6) is 0.145. The van der Waals surface area contributed by atoms with E-state index < -0.39 is 11.0 Å². The first kappa shape index (κ1) is 17.9. The summed E-state index contributed by atoms with van der Waals surface area (Å²) in [5, 5.41) is 34.8. The molecule has 2 aromatic carbocycles. The van der Waals surface area contributed by atoms with E-state index in [4.69, 9.17) is 0 Å². The van der Waals surface area contributed by atoms with Gasteiger partial charge in [-0.25, -0.2) is 10.2 Å². The second kappa shape index (κ2) is 8.01. The maximum atomic E-state index is 11.8. The minimum atomic E-state index is -0.610. The second-order valence-electron chi connectivity index (χ2n) is 5.13. The summed E-state index contributed by atoms with van der Waals surface area (Å²) in [6, 6.07) is 11.5. The number of carbonyl (C=O) groups is 1. The number of urea groups is 1. The molecule has 3 aromatic rings. The summed E-state index contributed by atoms with van der Waals surface area (Å²) in [5.41, 5.74) is 3.58. The predicted molar refractivity (Wildman–Crippen MR) is 99.9 cm³/mol. The van der Waals surface area contributed by atoms with E-state index in [1.54, 1.807) is 12.1 Å². The normalized spacial score (nSPS) is 10.7. The third-order valence-corrected chi connectivity index (χ3v) is 4.13. The third kappa shape index (κ3) is 4.83. The molecule has 11 heteroatoms. The smallest absolute Gasteiger partial charge is 0.341 e. The molecule has 0 spiro atoms. The molecule has 0 aliphatic heterocycles. The summed E-state index contributed by atoms with van der Waals surface area (Å²) >= 11 is 1.16. The Kier molecular flexibility index (Phi) is 5.33. The third-order valence-electron chi connectivity index (χ3n) is 3.24. The van der Waals surface area contributed by atoms with Crippen molar-refractivity contribution < 1.29 is 14.8 Å². The van der Waals surface area contributed by atoms with Gasteiger partial charge in [-0.15, -0.1) is 10.2 Å². The number of hydrogen-bond acceptors (Lipinski definition) is 8. The van der Waals surface area contributed by atoms with E-state index in [2.05, 4.69) is 26.0 Å². The molecule has 0 unspecified atom stereocenters. The summed E-state index contributed by atoms with van der Waals surface area (Å²) in [7, 11) is 0. The zero-order chi connectivity index (χ0) is 19.2. The summed E-state index contributed by atoms with van der Waals surface area (Å²) in [6.07, 6.45) is 1.35. The van der Waals surface area contributed by atoms with E-state index in [-0.39, 0.29) is 16.6 Å². The van der Waals surface area contributed by atoms with E-state index >= 15 is 0 Å². The number of rotatable bonds is 5. The van der Waals surface area contributed by atoms with Crippen LogP contribution >= 0.6 is 11.3 Å². The quantitative estimate of drug-likeness (QED) is 0.351. The van der Waals surface area contributed by atoms with Crippen LogP contribution in [0.15, 0.2) is 53.6 Å². The molecule has 0 bridgehead atoms. The van der Waals surface area contributed by atoms with Gasteiger partial charge in [-0.05, 0) is 42.0 Å². The van der Waals surface area contributed by atoms with Crippen LogP contribution in [-0.2, 0) is 0 Å². The molecule has 1 aromatic heterocycles. The molecule has 3 rings (SSSR count). The number of aromatic hydroxyl groups is 1. The number of nitrogens with zero attached hydrogens (tertiary/aromatic N) is 4. The van der Waals surface area contributed by atoms with Crippen molar-refractivity contribution in [3.63, 3.8) is 0 Å². The minimum absolute atomic E-state index is 0.0291. The molecule has 136 valence electrons. The van der Waals surface area contributed by atoms with Crippen LogP contribution in [0.3, 0.4) is 0 Å². The first-order chi connectivity index (χ1) is 13.0. The van der Waals surface area contributed by atoms with Gasteiger partial charge >= 0.3 is 6.03 Å². The van der Waals surface area contributed by atoms with E-state index in [0.717, 1.165) is 16.9 Å². The molecular weight excluding hydrogens is 372 g/mol. The zero-order valence-corrected chi connectivity index (χ0v) is 14.4. The van der Waals surface area contributed by atoms with Crippen LogP contribution in [0.25, 0.3) is 10.6 Å². The summed E-state index contributed by atoms with van der Waals surface area (Å²) in [4.78, 5) is 21.9. The lowest BCUT2D eigenvalue weighted by atomic mass is 10.2. The number of phenols is 1.